The van der Waals surface area contributed by atoms with Gasteiger partial charge in [-0.2, -0.15) is 0 Å². The molecule has 24 heavy (non-hydrogen) atoms. The number of methoxy groups -OCH3 is 1. The molecule has 0 aliphatic carbocycles. The topological polar surface area (TPSA) is 64.4 Å². The second kappa shape index (κ2) is 7.40. The van der Waals surface area contributed by atoms with Gasteiger partial charge in [0.15, 0.2) is 5.58 Å². The third-order valence-electron chi connectivity index (χ3n) is 3.55. The third kappa shape index (κ3) is 3.89. The number of amides is 1. The van der Waals surface area contributed by atoms with Crippen molar-refractivity contribution in [1.29, 1.82) is 0 Å². The van der Waals surface area contributed by atoms with Crippen LogP contribution in [0.4, 0.5) is 0 Å². The Balaban J connectivity index is 1.55. The number of carbonyl (C=O) groups excluding carboxylic acids is 1. The van der Waals surface area contributed by atoms with E-state index in [0.29, 0.717) is 11.8 Å². The van der Waals surface area contributed by atoms with Crippen LogP contribution in [0.25, 0.3) is 11.1 Å². The molecule has 0 saturated heterocycles. The summed E-state index contributed by atoms with van der Waals surface area (Å²) in [6, 6.07) is 15.2. The second-order valence-electron chi connectivity index (χ2n) is 5.27. The molecular weight excluding hydrogens is 324 g/mol. The number of hydrogen-bond donors (Lipinski definition) is 1. The zero-order valence-corrected chi connectivity index (χ0v) is 14.3. The van der Waals surface area contributed by atoms with Gasteiger partial charge in [-0.15, -0.1) is 0 Å². The lowest BCUT2D eigenvalue weighted by Crippen LogP contribution is -2.30. The van der Waals surface area contributed by atoms with E-state index in [2.05, 4.69) is 10.3 Å². The molecule has 0 aliphatic rings. The smallest absolute Gasteiger partial charge is 0.257 e. The number of carbonyl (C=O) groups is 1. The molecule has 0 fully saturated rings. The second-order valence-corrected chi connectivity index (χ2v) is 6.57. The Morgan fingerprint density at radius 1 is 1.25 bits per heavy atom. The van der Waals surface area contributed by atoms with Gasteiger partial charge < -0.3 is 14.5 Å². The van der Waals surface area contributed by atoms with Crippen molar-refractivity contribution in [3.8, 4) is 5.75 Å². The number of nitrogens with zero attached hydrogens (tertiary/aromatic N) is 1. The van der Waals surface area contributed by atoms with Crippen LogP contribution in [0, 0.1) is 0 Å². The third-order valence-corrected chi connectivity index (χ3v) is 4.49. The number of benzene rings is 2. The highest BCUT2D eigenvalue weighted by Gasteiger charge is 2.17. The van der Waals surface area contributed by atoms with Crippen molar-refractivity contribution in [2.75, 3.05) is 7.11 Å². The standard InChI is InChI=1S/C18H18N2O3S/c1-12(24-18-20-15-5-3-4-6-16(15)23-18)17(21)19-11-13-7-9-14(22-2)10-8-13/h3-10,12H,11H2,1-2H3,(H,19,21)/t12-/m1/s1. The summed E-state index contributed by atoms with van der Waals surface area (Å²) >= 11 is 1.31. The van der Waals surface area contributed by atoms with E-state index in [1.807, 2.05) is 55.5 Å². The van der Waals surface area contributed by atoms with Crippen LogP contribution in [0.2, 0.25) is 0 Å². The average Bonchev–Trinajstić information content (AvgIpc) is 3.02. The van der Waals surface area contributed by atoms with Crippen molar-refractivity contribution in [3.63, 3.8) is 0 Å². The monoisotopic (exact) mass is 342 g/mol. The number of para-hydroxylation sites is 2. The quantitative estimate of drug-likeness (QED) is 0.693. The first kappa shape index (κ1) is 16.4. The van der Waals surface area contributed by atoms with Crippen molar-refractivity contribution in [1.82, 2.24) is 10.3 Å². The highest BCUT2D eigenvalue weighted by molar-refractivity contribution is 8.00. The summed E-state index contributed by atoms with van der Waals surface area (Å²) in [5.41, 5.74) is 2.54. The van der Waals surface area contributed by atoms with E-state index in [-0.39, 0.29) is 11.2 Å². The van der Waals surface area contributed by atoms with Crippen molar-refractivity contribution in [2.45, 2.75) is 23.9 Å². The first-order valence-corrected chi connectivity index (χ1v) is 8.46. The summed E-state index contributed by atoms with van der Waals surface area (Å²) < 4.78 is 10.8. The van der Waals surface area contributed by atoms with Crippen molar-refractivity contribution < 1.29 is 13.9 Å². The number of hydrogen-bond acceptors (Lipinski definition) is 5. The number of aromatic nitrogens is 1. The molecule has 0 saturated carbocycles. The highest BCUT2D eigenvalue weighted by Crippen LogP contribution is 2.26. The first-order valence-electron chi connectivity index (χ1n) is 7.58. The SMILES string of the molecule is COc1ccc(CNC(=O)[C@@H](C)Sc2nc3ccccc3o2)cc1. The molecule has 5 nitrogen and oxygen atoms in total. The number of nitrogens with one attached hydrogen (secondary N) is 1. The minimum absolute atomic E-state index is 0.0573. The number of fused-ring (bicyclic) bond motifs is 1. The average molecular weight is 342 g/mol. The largest absolute Gasteiger partial charge is 0.497 e. The van der Waals surface area contributed by atoms with Gasteiger partial charge in [0.2, 0.25) is 5.91 Å². The summed E-state index contributed by atoms with van der Waals surface area (Å²) in [5.74, 6) is 0.739. The van der Waals surface area contributed by atoms with E-state index >= 15 is 0 Å². The Morgan fingerprint density at radius 3 is 2.71 bits per heavy atom. The molecule has 3 rings (SSSR count). The Kier molecular flexibility index (Phi) is 5.05. The lowest BCUT2D eigenvalue weighted by Gasteiger charge is -2.10. The minimum atomic E-state index is -0.295. The fourth-order valence-electron chi connectivity index (χ4n) is 2.18. The molecule has 3 aromatic rings. The summed E-state index contributed by atoms with van der Waals surface area (Å²) in [5, 5.41) is 3.13. The van der Waals surface area contributed by atoms with E-state index in [1.165, 1.54) is 11.8 Å². The molecule has 1 amide bonds. The normalized spacial score (nSPS) is 12.1. The first-order chi connectivity index (χ1) is 11.7. The predicted octanol–water partition coefficient (Wildman–Crippen LogP) is 3.63. The molecule has 0 aliphatic heterocycles. The molecule has 6 heteroatoms. The molecular formula is C18H18N2O3S. The molecule has 0 bridgehead atoms. The zero-order valence-electron chi connectivity index (χ0n) is 13.5. The predicted molar refractivity (Wildman–Crippen MR) is 94.2 cm³/mol. The molecule has 0 unspecified atom stereocenters. The molecule has 1 atom stereocenters. The van der Waals surface area contributed by atoms with Crippen LogP contribution in [0.5, 0.6) is 5.75 Å². The van der Waals surface area contributed by atoms with Crippen LogP contribution >= 0.6 is 11.8 Å². The summed E-state index contributed by atoms with van der Waals surface area (Å²) in [7, 11) is 1.63. The summed E-state index contributed by atoms with van der Waals surface area (Å²) in [4.78, 5) is 16.6. The van der Waals surface area contributed by atoms with Crippen LogP contribution in [0.3, 0.4) is 0 Å². The maximum absolute atomic E-state index is 12.2. The van der Waals surface area contributed by atoms with Gasteiger partial charge in [0.05, 0.1) is 12.4 Å². The highest BCUT2D eigenvalue weighted by atomic mass is 32.2. The Morgan fingerprint density at radius 2 is 2.00 bits per heavy atom. The van der Waals surface area contributed by atoms with Crippen LogP contribution < -0.4 is 10.1 Å². The fraction of sp³-hybridized carbons (Fsp3) is 0.222. The van der Waals surface area contributed by atoms with E-state index in [0.717, 1.165) is 22.4 Å². The van der Waals surface area contributed by atoms with Gasteiger partial charge in [-0.05, 0) is 36.8 Å². The Hall–Kier alpha value is -2.47. The Labute approximate surface area is 144 Å². The molecule has 0 radical (unpaired) electrons. The minimum Gasteiger partial charge on any atom is -0.497 e. The van der Waals surface area contributed by atoms with Gasteiger partial charge in [-0.1, -0.05) is 36.0 Å². The van der Waals surface area contributed by atoms with Gasteiger partial charge in [0, 0.05) is 6.54 Å². The maximum Gasteiger partial charge on any atom is 0.257 e. The lowest BCUT2D eigenvalue weighted by molar-refractivity contribution is -0.120. The van der Waals surface area contributed by atoms with Crippen molar-refractivity contribution >= 4 is 28.8 Å². The van der Waals surface area contributed by atoms with E-state index in [9.17, 15) is 4.79 Å². The molecule has 2 aromatic carbocycles. The van der Waals surface area contributed by atoms with Crippen molar-refractivity contribution in [2.24, 2.45) is 0 Å². The van der Waals surface area contributed by atoms with Gasteiger partial charge in [-0.25, -0.2) is 4.98 Å². The number of ether oxygens (including phenoxy) is 1. The van der Waals surface area contributed by atoms with Gasteiger partial charge in [-0.3, -0.25) is 4.79 Å². The number of thioether (sulfide) groups is 1. The molecule has 1 aromatic heterocycles. The van der Waals surface area contributed by atoms with E-state index in [1.54, 1.807) is 7.11 Å². The maximum atomic E-state index is 12.2. The lowest BCUT2D eigenvalue weighted by atomic mass is 10.2. The van der Waals surface area contributed by atoms with Crippen LogP contribution in [-0.4, -0.2) is 23.3 Å². The fourth-order valence-corrected chi connectivity index (χ4v) is 2.96. The van der Waals surface area contributed by atoms with Crippen LogP contribution in [0.1, 0.15) is 12.5 Å². The van der Waals surface area contributed by atoms with Crippen LogP contribution in [0.15, 0.2) is 58.2 Å². The molecule has 124 valence electrons. The van der Waals surface area contributed by atoms with Crippen LogP contribution in [-0.2, 0) is 11.3 Å². The van der Waals surface area contributed by atoms with Crippen molar-refractivity contribution in [3.05, 3.63) is 54.1 Å². The number of oxazole rings is 1. The summed E-state index contributed by atoms with van der Waals surface area (Å²) in [6.45, 7) is 2.31. The summed E-state index contributed by atoms with van der Waals surface area (Å²) in [6.07, 6.45) is 0. The number of rotatable bonds is 6. The van der Waals surface area contributed by atoms with Gasteiger partial charge in [0.1, 0.15) is 11.3 Å². The molecule has 0 spiro atoms. The Bertz CT molecular complexity index is 797. The molecule has 1 heterocycles. The zero-order chi connectivity index (χ0) is 16.9. The molecule has 1 N–H and O–H groups in total. The van der Waals surface area contributed by atoms with E-state index < -0.39 is 0 Å². The van der Waals surface area contributed by atoms with E-state index in [4.69, 9.17) is 9.15 Å². The van der Waals surface area contributed by atoms with Gasteiger partial charge in [0.25, 0.3) is 5.22 Å². The van der Waals surface area contributed by atoms with Gasteiger partial charge >= 0.3 is 0 Å².